The first kappa shape index (κ1) is 29.4. The number of benzene rings is 2. The van der Waals surface area contributed by atoms with E-state index in [2.05, 4.69) is 10.3 Å². The van der Waals surface area contributed by atoms with Crippen LogP contribution in [0.25, 0.3) is 0 Å². The van der Waals surface area contributed by atoms with Crippen molar-refractivity contribution in [2.45, 2.75) is 27.6 Å². The maximum Gasteiger partial charge on any atom is 0.308 e. The molecule has 2 aromatic heterocycles. The van der Waals surface area contributed by atoms with Gasteiger partial charge in [0.05, 0.1) is 26.5 Å². The highest BCUT2D eigenvalue weighted by molar-refractivity contribution is 8.00. The predicted octanol–water partition coefficient (Wildman–Crippen LogP) is 2.29. The average Bonchev–Trinajstić information content (AvgIpc) is 3.43. The van der Waals surface area contributed by atoms with Gasteiger partial charge in [-0.25, -0.2) is 18.5 Å². The average molecular weight is 653 g/mol. The van der Waals surface area contributed by atoms with Gasteiger partial charge in [0.1, 0.15) is 11.8 Å². The molecule has 0 bridgehead atoms. The van der Waals surface area contributed by atoms with Crippen molar-refractivity contribution in [2.75, 3.05) is 10.2 Å². The number of carbonyl (C=O) groups is 3. The Morgan fingerprint density at radius 2 is 1.75 bits per heavy atom. The number of sulfonamides is 1. The van der Waals surface area contributed by atoms with Gasteiger partial charge in [-0.1, -0.05) is 29.2 Å². The summed E-state index contributed by atoms with van der Waals surface area (Å²) < 4.78 is 24.3. The Hall–Kier alpha value is -4.71. The van der Waals surface area contributed by atoms with Crippen LogP contribution in [0.5, 0.6) is 0 Å². The summed E-state index contributed by atoms with van der Waals surface area (Å²) in [5.41, 5.74) is 0.858. The molecular formula is C27H20N6O8S3. The molecule has 0 saturated carbocycles. The number of pyridine rings is 1. The molecule has 1 fully saturated rings. The number of hydrogen-bond acceptors (Lipinski definition) is 11. The van der Waals surface area contributed by atoms with Crippen LogP contribution < -0.4 is 20.2 Å². The second kappa shape index (κ2) is 11.1. The van der Waals surface area contributed by atoms with Crippen LogP contribution in [0.15, 0.2) is 87.8 Å². The molecule has 4 heterocycles. The van der Waals surface area contributed by atoms with E-state index in [0.29, 0.717) is 15.5 Å². The first-order chi connectivity index (χ1) is 20.9. The number of rotatable bonds is 7. The zero-order chi connectivity index (χ0) is 31.3. The SMILES string of the molecule is NS(=O)(=O)c1ccc(NC(=O)Cn2c3c(sc2=O)[C@H](c2cccnc2)C2C(=O)N(c4ccc([N+](=O)[O-])cc4)C(=O)C2S3)cc1. The van der Waals surface area contributed by atoms with Gasteiger partial charge in [-0.2, -0.15) is 0 Å². The van der Waals surface area contributed by atoms with Gasteiger partial charge in [-0.15, -0.1) is 0 Å². The van der Waals surface area contributed by atoms with Gasteiger partial charge in [-0.3, -0.25) is 38.8 Å². The van der Waals surface area contributed by atoms with Crippen LogP contribution in [0, 0.1) is 16.0 Å². The van der Waals surface area contributed by atoms with Gasteiger partial charge in [0.2, 0.25) is 27.7 Å². The second-order valence-electron chi connectivity index (χ2n) is 9.85. The number of hydrogen-bond donors (Lipinski definition) is 2. The lowest BCUT2D eigenvalue weighted by Gasteiger charge is -2.30. The largest absolute Gasteiger partial charge is 0.325 e. The van der Waals surface area contributed by atoms with Gasteiger partial charge in [0.15, 0.2) is 0 Å². The Morgan fingerprint density at radius 1 is 1.05 bits per heavy atom. The van der Waals surface area contributed by atoms with E-state index < -0.39 is 61.2 Å². The first-order valence-corrected chi connectivity index (χ1v) is 16.0. The van der Waals surface area contributed by atoms with Crippen molar-refractivity contribution in [3.8, 4) is 0 Å². The molecule has 3 atom stereocenters. The fourth-order valence-electron chi connectivity index (χ4n) is 5.22. The molecule has 3 N–H and O–H groups in total. The molecule has 14 nitrogen and oxygen atoms in total. The van der Waals surface area contributed by atoms with Crippen LogP contribution in [-0.2, 0) is 31.0 Å². The van der Waals surface area contributed by atoms with E-state index in [1.807, 2.05) is 0 Å². The number of primary sulfonamides is 1. The van der Waals surface area contributed by atoms with Crippen LogP contribution in [0.1, 0.15) is 16.4 Å². The third-order valence-electron chi connectivity index (χ3n) is 7.18. The minimum Gasteiger partial charge on any atom is -0.325 e. The molecule has 44 heavy (non-hydrogen) atoms. The van der Waals surface area contributed by atoms with E-state index in [9.17, 15) is 37.7 Å². The van der Waals surface area contributed by atoms with Gasteiger partial charge < -0.3 is 5.32 Å². The number of anilines is 2. The number of imide groups is 1. The first-order valence-electron chi connectivity index (χ1n) is 12.8. The van der Waals surface area contributed by atoms with Crippen molar-refractivity contribution < 1.29 is 27.7 Å². The molecule has 224 valence electrons. The summed E-state index contributed by atoms with van der Waals surface area (Å²) >= 11 is 1.89. The molecule has 1 saturated heterocycles. The number of nitrogens with one attached hydrogen (secondary N) is 1. The standard InChI is InChI=1S/C27H20N6O8S3/c28-44(40,41)18-9-3-15(4-10-18)30-19(34)13-31-26-23(43-27(31)37)20(14-2-1-11-29-12-14)21-22(42-26)25(36)32(24(21)35)16-5-7-17(8-6-16)33(38)39/h1-12,20-22H,13H2,(H,30,34)(H2,28,40,41)/t20-,21?,22?/m1/s1. The number of nitro groups is 1. The summed E-state index contributed by atoms with van der Waals surface area (Å²) in [7, 11) is -3.92. The Labute approximate surface area is 256 Å². The number of nitro benzene ring substituents is 1. The number of nitrogens with two attached hydrogens (primary N) is 1. The number of thiazole rings is 1. The fraction of sp³-hybridized carbons (Fsp3) is 0.148. The maximum atomic E-state index is 13.9. The molecule has 4 aromatic rings. The lowest BCUT2D eigenvalue weighted by atomic mass is 9.84. The number of amides is 3. The molecule has 3 amide bonds. The van der Waals surface area contributed by atoms with Crippen molar-refractivity contribution in [2.24, 2.45) is 11.1 Å². The molecule has 0 spiro atoms. The summed E-state index contributed by atoms with van der Waals surface area (Å²) in [4.78, 5) is 69.5. The number of carbonyl (C=O) groups excluding carboxylic acids is 3. The molecule has 2 aliphatic rings. The molecule has 2 aromatic carbocycles. The van der Waals surface area contributed by atoms with Crippen molar-refractivity contribution in [1.82, 2.24) is 9.55 Å². The van der Waals surface area contributed by atoms with E-state index in [0.717, 1.165) is 28.0 Å². The highest BCUT2D eigenvalue weighted by Gasteiger charge is 2.57. The van der Waals surface area contributed by atoms with Gasteiger partial charge in [0.25, 0.3) is 5.69 Å². The van der Waals surface area contributed by atoms with E-state index in [1.165, 1.54) is 53.1 Å². The number of aromatic nitrogens is 2. The lowest BCUT2D eigenvalue weighted by molar-refractivity contribution is -0.384. The van der Waals surface area contributed by atoms with Gasteiger partial charge in [0, 0.05) is 41.0 Å². The highest BCUT2D eigenvalue weighted by Crippen LogP contribution is 2.53. The topological polar surface area (TPSA) is 205 Å². The monoisotopic (exact) mass is 652 g/mol. The molecule has 0 aliphatic carbocycles. The fourth-order valence-corrected chi connectivity index (χ4v) is 8.51. The minimum atomic E-state index is -3.92. The predicted molar refractivity (Wildman–Crippen MR) is 160 cm³/mol. The summed E-state index contributed by atoms with van der Waals surface area (Å²) in [6.07, 6.45) is 3.11. The van der Waals surface area contributed by atoms with Crippen LogP contribution in [0.3, 0.4) is 0 Å². The Balaban J connectivity index is 1.34. The highest BCUT2D eigenvalue weighted by atomic mass is 32.2. The molecule has 2 aliphatic heterocycles. The zero-order valence-corrected chi connectivity index (χ0v) is 24.7. The molecule has 6 rings (SSSR count). The van der Waals surface area contributed by atoms with E-state index in [-0.39, 0.29) is 22.0 Å². The third kappa shape index (κ3) is 5.19. The minimum absolute atomic E-state index is 0.135. The molecular weight excluding hydrogens is 633 g/mol. The van der Waals surface area contributed by atoms with Crippen molar-refractivity contribution in [3.63, 3.8) is 0 Å². The van der Waals surface area contributed by atoms with Crippen LogP contribution in [0.2, 0.25) is 0 Å². The summed E-state index contributed by atoms with van der Waals surface area (Å²) in [6.45, 7) is -0.417. The van der Waals surface area contributed by atoms with E-state index in [4.69, 9.17) is 5.14 Å². The molecule has 17 heteroatoms. The number of fused-ring (bicyclic) bond motifs is 2. The normalized spacial score (nSPS) is 19.4. The number of thioether (sulfide) groups is 1. The van der Waals surface area contributed by atoms with Crippen molar-refractivity contribution in [1.29, 1.82) is 0 Å². The van der Waals surface area contributed by atoms with Gasteiger partial charge in [-0.05, 0) is 48.0 Å². The van der Waals surface area contributed by atoms with Crippen LogP contribution in [-0.4, -0.2) is 45.9 Å². The Kier molecular flexibility index (Phi) is 7.40. The van der Waals surface area contributed by atoms with E-state index in [1.54, 1.807) is 24.5 Å². The summed E-state index contributed by atoms with van der Waals surface area (Å²) in [6, 6.07) is 13.7. The number of nitrogens with zero attached hydrogens (tertiary/aromatic N) is 4. The quantitative estimate of drug-likeness (QED) is 0.169. The van der Waals surface area contributed by atoms with Crippen LogP contribution >= 0.6 is 23.1 Å². The lowest BCUT2D eigenvalue weighted by Crippen LogP contribution is -2.33. The smallest absolute Gasteiger partial charge is 0.308 e. The third-order valence-corrected chi connectivity index (χ3v) is 10.7. The van der Waals surface area contributed by atoms with Crippen molar-refractivity contribution >= 4 is 67.9 Å². The van der Waals surface area contributed by atoms with E-state index >= 15 is 0 Å². The zero-order valence-electron chi connectivity index (χ0n) is 22.2. The van der Waals surface area contributed by atoms with Crippen molar-refractivity contribution in [3.05, 3.63) is 103 Å². The number of non-ortho nitro benzene ring substituents is 1. The molecule has 0 radical (unpaired) electrons. The Bertz CT molecular complexity index is 1990. The van der Waals surface area contributed by atoms with Crippen LogP contribution in [0.4, 0.5) is 17.1 Å². The second-order valence-corrected chi connectivity index (χ2v) is 13.5. The maximum absolute atomic E-state index is 13.9. The molecule has 2 unspecified atom stereocenters. The summed E-state index contributed by atoms with van der Waals surface area (Å²) in [5, 5.41) is 18.3. The Morgan fingerprint density at radius 3 is 2.36 bits per heavy atom. The van der Waals surface area contributed by atoms with Gasteiger partial charge >= 0.3 is 4.87 Å². The summed E-state index contributed by atoms with van der Waals surface area (Å²) in [5.74, 6) is -3.29.